The molecular weight excluding hydrogens is 190 g/mol. The molecule has 0 saturated heterocycles. The van der Waals surface area contributed by atoms with Crippen molar-refractivity contribution in [2.24, 2.45) is 7.05 Å². The average molecular weight is 209 g/mol. The summed E-state index contributed by atoms with van der Waals surface area (Å²) in [6.07, 6.45) is 3.91. The van der Waals surface area contributed by atoms with Gasteiger partial charge in [0.05, 0.1) is 0 Å². The van der Waals surface area contributed by atoms with Crippen molar-refractivity contribution in [3.8, 4) is 0 Å². The summed E-state index contributed by atoms with van der Waals surface area (Å²) in [6.45, 7) is 6.93. The molecule has 15 heavy (non-hydrogen) atoms. The fourth-order valence-corrected chi connectivity index (χ4v) is 1.30. The van der Waals surface area contributed by atoms with Gasteiger partial charge in [-0.25, -0.2) is 4.98 Å². The SMILES string of the molecule is Cn1ccnc1C(=O)CCNC(C)(C)C. The molecule has 0 aliphatic heterocycles. The molecule has 0 aliphatic rings. The fourth-order valence-electron chi connectivity index (χ4n) is 1.30. The van der Waals surface area contributed by atoms with Gasteiger partial charge in [-0.05, 0) is 20.8 Å². The summed E-state index contributed by atoms with van der Waals surface area (Å²) >= 11 is 0. The van der Waals surface area contributed by atoms with Crippen LogP contribution in [0.2, 0.25) is 0 Å². The smallest absolute Gasteiger partial charge is 0.199 e. The third kappa shape index (κ3) is 3.83. The molecule has 0 radical (unpaired) electrons. The first-order valence-electron chi connectivity index (χ1n) is 5.16. The van der Waals surface area contributed by atoms with Crippen molar-refractivity contribution >= 4 is 5.78 Å². The Hall–Kier alpha value is -1.16. The van der Waals surface area contributed by atoms with Crippen LogP contribution in [0.3, 0.4) is 0 Å². The first kappa shape index (κ1) is 11.9. The molecule has 0 unspecified atom stereocenters. The Bertz CT molecular complexity index is 336. The second kappa shape index (κ2) is 4.57. The van der Waals surface area contributed by atoms with Crippen LogP contribution in [-0.4, -0.2) is 27.4 Å². The number of nitrogens with one attached hydrogen (secondary N) is 1. The number of aromatic nitrogens is 2. The summed E-state index contributed by atoms with van der Waals surface area (Å²) in [5, 5.41) is 3.28. The number of hydrogen-bond donors (Lipinski definition) is 1. The van der Waals surface area contributed by atoms with Crippen molar-refractivity contribution in [1.82, 2.24) is 14.9 Å². The van der Waals surface area contributed by atoms with E-state index >= 15 is 0 Å². The van der Waals surface area contributed by atoms with Crippen LogP contribution in [0.15, 0.2) is 12.4 Å². The highest BCUT2D eigenvalue weighted by molar-refractivity contribution is 5.92. The van der Waals surface area contributed by atoms with E-state index in [0.29, 0.717) is 18.8 Å². The summed E-state index contributed by atoms with van der Waals surface area (Å²) in [4.78, 5) is 15.7. The summed E-state index contributed by atoms with van der Waals surface area (Å²) < 4.78 is 1.75. The number of ketones is 1. The van der Waals surface area contributed by atoms with E-state index < -0.39 is 0 Å². The van der Waals surface area contributed by atoms with Crippen molar-refractivity contribution in [1.29, 1.82) is 0 Å². The lowest BCUT2D eigenvalue weighted by Gasteiger charge is -2.19. The summed E-state index contributed by atoms with van der Waals surface area (Å²) in [5.41, 5.74) is 0.0575. The molecule has 0 fully saturated rings. The summed E-state index contributed by atoms with van der Waals surface area (Å²) in [5.74, 6) is 0.616. The molecule has 4 nitrogen and oxygen atoms in total. The zero-order valence-corrected chi connectivity index (χ0v) is 9.87. The molecule has 1 heterocycles. The van der Waals surface area contributed by atoms with E-state index in [1.807, 2.05) is 7.05 Å². The van der Waals surface area contributed by atoms with Gasteiger partial charge in [-0.3, -0.25) is 4.79 Å². The Kier molecular flexibility index (Phi) is 3.63. The quantitative estimate of drug-likeness (QED) is 0.762. The van der Waals surface area contributed by atoms with Gasteiger partial charge in [-0.15, -0.1) is 0 Å². The van der Waals surface area contributed by atoms with Gasteiger partial charge in [0.25, 0.3) is 0 Å². The van der Waals surface area contributed by atoms with Crippen molar-refractivity contribution in [2.45, 2.75) is 32.7 Å². The minimum atomic E-state index is 0.0575. The number of Topliss-reactive ketones (excluding diaryl/α,β-unsaturated/α-hetero) is 1. The predicted molar refractivity (Wildman–Crippen MR) is 59.9 cm³/mol. The topological polar surface area (TPSA) is 46.9 Å². The Labute approximate surface area is 90.7 Å². The zero-order valence-electron chi connectivity index (χ0n) is 9.87. The van der Waals surface area contributed by atoms with Crippen LogP contribution in [0.4, 0.5) is 0 Å². The molecule has 0 atom stereocenters. The summed E-state index contributed by atoms with van der Waals surface area (Å²) in [7, 11) is 1.83. The number of aryl methyl sites for hydroxylation is 1. The number of carbonyl (C=O) groups excluding carboxylic acids is 1. The van der Waals surface area contributed by atoms with Crippen LogP contribution in [0.1, 0.15) is 37.8 Å². The molecule has 0 aliphatic carbocycles. The van der Waals surface area contributed by atoms with E-state index in [1.165, 1.54) is 0 Å². The second-order valence-electron chi connectivity index (χ2n) is 4.71. The number of nitrogens with zero attached hydrogens (tertiary/aromatic N) is 2. The molecule has 1 aromatic rings. The van der Waals surface area contributed by atoms with E-state index in [2.05, 4.69) is 31.1 Å². The maximum absolute atomic E-state index is 11.7. The second-order valence-corrected chi connectivity index (χ2v) is 4.71. The van der Waals surface area contributed by atoms with E-state index in [1.54, 1.807) is 17.0 Å². The molecule has 0 aromatic carbocycles. The van der Waals surface area contributed by atoms with E-state index in [4.69, 9.17) is 0 Å². The molecule has 84 valence electrons. The van der Waals surface area contributed by atoms with Crippen LogP contribution in [0.25, 0.3) is 0 Å². The van der Waals surface area contributed by atoms with Gasteiger partial charge in [-0.2, -0.15) is 0 Å². The summed E-state index contributed by atoms with van der Waals surface area (Å²) in [6, 6.07) is 0. The molecule has 1 N–H and O–H groups in total. The number of hydrogen-bond acceptors (Lipinski definition) is 3. The molecule has 0 spiro atoms. The van der Waals surface area contributed by atoms with Crippen LogP contribution >= 0.6 is 0 Å². The van der Waals surface area contributed by atoms with Gasteiger partial charge < -0.3 is 9.88 Å². The van der Waals surface area contributed by atoms with Crippen LogP contribution < -0.4 is 5.32 Å². The van der Waals surface area contributed by atoms with Crippen molar-refractivity contribution in [3.05, 3.63) is 18.2 Å². The van der Waals surface area contributed by atoms with Gasteiger partial charge in [0.1, 0.15) is 0 Å². The van der Waals surface area contributed by atoms with Crippen LogP contribution in [0.5, 0.6) is 0 Å². The first-order chi connectivity index (χ1) is 6.90. The van der Waals surface area contributed by atoms with Crippen LogP contribution in [-0.2, 0) is 7.05 Å². The maximum atomic E-state index is 11.7. The lowest BCUT2D eigenvalue weighted by atomic mass is 10.1. The zero-order chi connectivity index (χ0) is 11.5. The minimum absolute atomic E-state index is 0.0575. The number of rotatable bonds is 4. The Morgan fingerprint density at radius 2 is 2.20 bits per heavy atom. The molecule has 4 heteroatoms. The molecule has 0 bridgehead atoms. The van der Waals surface area contributed by atoms with Gasteiger partial charge in [0.15, 0.2) is 11.6 Å². The van der Waals surface area contributed by atoms with Gasteiger partial charge in [0.2, 0.25) is 0 Å². The monoisotopic (exact) mass is 209 g/mol. The number of imidazole rings is 1. The predicted octanol–water partition coefficient (Wildman–Crippen LogP) is 1.38. The minimum Gasteiger partial charge on any atom is -0.332 e. The van der Waals surface area contributed by atoms with Crippen molar-refractivity contribution in [2.75, 3.05) is 6.54 Å². The third-order valence-corrected chi connectivity index (χ3v) is 2.08. The Morgan fingerprint density at radius 1 is 1.53 bits per heavy atom. The fraction of sp³-hybridized carbons (Fsp3) is 0.636. The highest BCUT2D eigenvalue weighted by Gasteiger charge is 2.13. The molecular formula is C11H19N3O. The Balaban J connectivity index is 2.41. The number of carbonyl (C=O) groups is 1. The highest BCUT2D eigenvalue weighted by atomic mass is 16.1. The molecule has 0 amide bonds. The van der Waals surface area contributed by atoms with Gasteiger partial charge >= 0.3 is 0 Å². The first-order valence-corrected chi connectivity index (χ1v) is 5.16. The lowest BCUT2D eigenvalue weighted by Crippen LogP contribution is -2.37. The lowest BCUT2D eigenvalue weighted by molar-refractivity contribution is 0.0967. The standard InChI is InChI=1S/C11H19N3O/c1-11(2,3)13-6-5-9(15)10-12-7-8-14(10)4/h7-8,13H,5-6H2,1-4H3. The third-order valence-electron chi connectivity index (χ3n) is 2.08. The molecule has 1 rings (SSSR count). The largest absolute Gasteiger partial charge is 0.332 e. The van der Waals surface area contributed by atoms with E-state index in [9.17, 15) is 4.79 Å². The van der Waals surface area contributed by atoms with E-state index in [0.717, 1.165) is 0 Å². The maximum Gasteiger partial charge on any atom is 0.199 e. The van der Waals surface area contributed by atoms with Crippen molar-refractivity contribution < 1.29 is 4.79 Å². The average Bonchev–Trinajstić information content (AvgIpc) is 2.48. The van der Waals surface area contributed by atoms with Gasteiger partial charge in [0, 0.05) is 37.9 Å². The van der Waals surface area contributed by atoms with Crippen LogP contribution in [0, 0.1) is 0 Å². The van der Waals surface area contributed by atoms with Gasteiger partial charge in [-0.1, -0.05) is 0 Å². The van der Waals surface area contributed by atoms with Crippen molar-refractivity contribution in [3.63, 3.8) is 0 Å². The van der Waals surface area contributed by atoms with E-state index in [-0.39, 0.29) is 11.3 Å². The highest BCUT2D eigenvalue weighted by Crippen LogP contribution is 2.02. The Morgan fingerprint density at radius 3 is 2.67 bits per heavy atom. The molecule has 1 aromatic heterocycles. The molecule has 0 saturated carbocycles. The normalized spacial score (nSPS) is 11.7.